The van der Waals surface area contributed by atoms with Crippen molar-refractivity contribution in [2.24, 2.45) is 4.99 Å². The molecule has 0 bridgehead atoms. The van der Waals surface area contributed by atoms with Crippen molar-refractivity contribution in [3.63, 3.8) is 0 Å². The van der Waals surface area contributed by atoms with E-state index in [1.807, 2.05) is 35.2 Å². The maximum atomic E-state index is 13.3. The third-order valence-corrected chi connectivity index (χ3v) is 6.57. The minimum Gasteiger partial charge on any atom is -0.507 e. The maximum Gasteiger partial charge on any atom is 0.267 e. The van der Waals surface area contributed by atoms with Crippen molar-refractivity contribution in [3.8, 4) is 5.75 Å². The molecule has 0 aromatic heterocycles. The summed E-state index contributed by atoms with van der Waals surface area (Å²) in [6.45, 7) is 2.12. The van der Waals surface area contributed by atoms with E-state index in [0.717, 1.165) is 43.0 Å². The van der Waals surface area contributed by atoms with Crippen LogP contribution in [0.2, 0.25) is 0 Å². The van der Waals surface area contributed by atoms with Crippen molar-refractivity contribution in [1.29, 1.82) is 0 Å². The zero-order chi connectivity index (χ0) is 20.2. The third-order valence-electron chi connectivity index (χ3n) is 5.59. The van der Waals surface area contributed by atoms with Gasteiger partial charge in [0.1, 0.15) is 5.75 Å². The van der Waals surface area contributed by atoms with Crippen LogP contribution in [0.15, 0.2) is 58.4 Å². The van der Waals surface area contributed by atoms with E-state index in [0.29, 0.717) is 10.5 Å². The first-order valence-electron chi connectivity index (χ1n) is 10.3. The molecule has 0 spiro atoms. The number of hydrogen-bond acceptors (Lipinski definition) is 4. The Hall–Kier alpha value is -2.53. The van der Waals surface area contributed by atoms with Crippen LogP contribution in [0.1, 0.15) is 50.2 Å². The average molecular weight is 407 g/mol. The van der Waals surface area contributed by atoms with Crippen molar-refractivity contribution in [3.05, 3.63) is 64.6 Å². The van der Waals surface area contributed by atoms with E-state index in [-0.39, 0.29) is 17.7 Å². The van der Waals surface area contributed by atoms with Crippen LogP contribution in [-0.4, -0.2) is 27.1 Å². The molecule has 0 radical (unpaired) electrons. The summed E-state index contributed by atoms with van der Waals surface area (Å²) < 4.78 is 0. The molecule has 2 aromatic carbocycles. The van der Waals surface area contributed by atoms with E-state index in [4.69, 9.17) is 4.99 Å². The SMILES string of the molecule is CCc1ccccc1N=C1S/C(=C/c2ccccc2O)C(=O)N1C1CCCCC1. The number of para-hydroxylation sites is 2. The van der Waals surface area contributed by atoms with Gasteiger partial charge in [0.15, 0.2) is 5.17 Å². The molecule has 1 saturated heterocycles. The molecule has 150 valence electrons. The molecule has 4 nitrogen and oxygen atoms in total. The highest BCUT2D eigenvalue weighted by Gasteiger charge is 2.38. The monoisotopic (exact) mass is 406 g/mol. The van der Waals surface area contributed by atoms with Crippen molar-refractivity contribution in [2.45, 2.75) is 51.5 Å². The number of aromatic hydroxyl groups is 1. The molecule has 2 aromatic rings. The van der Waals surface area contributed by atoms with Crippen LogP contribution >= 0.6 is 11.8 Å². The minimum absolute atomic E-state index is 0.00196. The highest BCUT2D eigenvalue weighted by atomic mass is 32.2. The second kappa shape index (κ2) is 8.87. The Morgan fingerprint density at radius 1 is 1.10 bits per heavy atom. The Balaban J connectivity index is 1.74. The molecule has 1 aliphatic carbocycles. The number of rotatable bonds is 4. The number of aliphatic imine (C=N–C) groups is 1. The molecule has 1 amide bonds. The predicted molar refractivity (Wildman–Crippen MR) is 120 cm³/mol. The Bertz CT molecular complexity index is 961. The van der Waals surface area contributed by atoms with Crippen molar-refractivity contribution in [2.75, 3.05) is 0 Å². The lowest BCUT2D eigenvalue weighted by molar-refractivity contribution is -0.124. The zero-order valence-electron chi connectivity index (χ0n) is 16.7. The number of phenolic OH excluding ortho intramolecular Hbond substituents is 1. The molecule has 0 unspecified atom stereocenters. The molecule has 0 atom stereocenters. The number of nitrogens with zero attached hydrogens (tertiary/aromatic N) is 2. The number of amides is 1. The molecule has 5 heteroatoms. The fourth-order valence-electron chi connectivity index (χ4n) is 4.00. The van der Waals surface area contributed by atoms with Gasteiger partial charge in [0.2, 0.25) is 0 Å². The van der Waals surface area contributed by atoms with Crippen molar-refractivity contribution < 1.29 is 9.90 Å². The minimum atomic E-state index is -0.00196. The second-order valence-electron chi connectivity index (χ2n) is 7.51. The summed E-state index contributed by atoms with van der Waals surface area (Å²) in [5, 5.41) is 10.9. The molecular weight excluding hydrogens is 380 g/mol. The quantitative estimate of drug-likeness (QED) is 0.644. The maximum absolute atomic E-state index is 13.3. The first kappa shape index (κ1) is 19.8. The van der Waals surface area contributed by atoms with Gasteiger partial charge in [0.05, 0.1) is 10.6 Å². The molecule has 2 aliphatic rings. The summed E-state index contributed by atoms with van der Waals surface area (Å²) in [7, 11) is 0. The van der Waals surface area contributed by atoms with Gasteiger partial charge in [-0.2, -0.15) is 0 Å². The van der Waals surface area contributed by atoms with Gasteiger partial charge < -0.3 is 5.11 Å². The third kappa shape index (κ3) is 4.25. The van der Waals surface area contributed by atoms with E-state index >= 15 is 0 Å². The molecular formula is C24H26N2O2S. The smallest absolute Gasteiger partial charge is 0.267 e. The zero-order valence-corrected chi connectivity index (χ0v) is 17.5. The standard InChI is InChI=1S/C24H26N2O2S/c1-2-17-10-6-8-14-20(17)25-24-26(19-12-4-3-5-13-19)23(28)22(29-24)16-18-11-7-9-15-21(18)27/h6-11,14-16,19,27H,2-5,12-13H2,1H3/b22-16+,25-24?. The number of carbonyl (C=O) groups excluding carboxylic acids is 1. The van der Waals surface area contributed by atoms with E-state index in [1.165, 1.54) is 23.7 Å². The lowest BCUT2D eigenvalue weighted by atomic mass is 9.94. The van der Waals surface area contributed by atoms with Crippen LogP contribution < -0.4 is 0 Å². The number of carbonyl (C=O) groups is 1. The van der Waals surface area contributed by atoms with E-state index in [2.05, 4.69) is 13.0 Å². The van der Waals surface area contributed by atoms with E-state index in [9.17, 15) is 9.90 Å². The Morgan fingerprint density at radius 3 is 2.59 bits per heavy atom. The first-order chi connectivity index (χ1) is 14.2. The fraction of sp³-hybridized carbons (Fsp3) is 0.333. The number of aryl methyl sites for hydroxylation is 1. The Kier molecular flexibility index (Phi) is 6.05. The molecule has 1 N–H and O–H groups in total. The summed E-state index contributed by atoms with van der Waals surface area (Å²) in [4.78, 5) is 20.8. The number of amidine groups is 1. The van der Waals surface area contributed by atoms with E-state index < -0.39 is 0 Å². The highest BCUT2D eigenvalue weighted by molar-refractivity contribution is 8.18. The van der Waals surface area contributed by atoms with Gasteiger partial charge in [0, 0.05) is 11.6 Å². The van der Waals surface area contributed by atoms with Crippen LogP contribution in [-0.2, 0) is 11.2 Å². The van der Waals surface area contributed by atoms with Crippen molar-refractivity contribution >= 4 is 34.6 Å². The van der Waals surface area contributed by atoms with Crippen LogP contribution in [0, 0.1) is 0 Å². The fourth-order valence-corrected chi connectivity index (χ4v) is 5.04. The molecule has 4 rings (SSSR count). The lowest BCUT2D eigenvalue weighted by Gasteiger charge is -2.30. The normalized spacial score (nSPS) is 20.7. The Labute approximate surface area is 176 Å². The molecule has 1 aliphatic heterocycles. The molecule has 1 heterocycles. The van der Waals surface area contributed by atoms with Gasteiger partial charge in [0.25, 0.3) is 5.91 Å². The number of phenols is 1. The lowest BCUT2D eigenvalue weighted by Crippen LogP contribution is -2.40. The first-order valence-corrected chi connectivity index (χ1v) is 11.2. The van der Waals surface area contributed by atoms with Crippen LogP contribution in [0.25, 0.3) is 6.08 Å². The molecule has 1 saturated carbocycles. The van der Waals surface area contributed by atoms with Gasteiger partial charge in [-0.1, -0.05) is 62.6 Å². The second-order valence-corrected chi connectivity index (χ2v) is 8.52. The van der Waals surface area contributed by atoms with Gasteiger partial charge in [-0.05, 0) is 54.8 Å². The van der Waals surface area contributed by atoms with Crippen LogP contribution in [0.4, 0.5) is 5.69 Å². The number of benzene rings is 2. The van der Waals surface area contributed by atoms with Crippen LogP contribution in [0.5, 0.6) is 5.75 Å². The number of thioether (sulfide) groups is 1. The Morgan fingerprint density at radius 2 is 1.83 bits per heavy atom. The largest absolute Gasteiger partial charge is 0.507 e. The summed E-state index contributed by atoms with van der Waals surface area (Å²) in [5.74, 6) is 0.178. The molecule has 2 fully saturated rings. The predicted octanol–water partition coefficient (Wildman–Crippen LogP) is 5.89. The van der Waals surface area contributed by atoms with E-state index in [1.54, 1.807) is 18.2 Å². The van der Waals surface area contributed by atoms with Gasteiger partial charge in [-0.15, -0.1) is 0 Å². The summed E-state index contributed by atoms with van der Waals surface area (Å²) in [5.41, 5.74) is 2.76. The summed E-state index contributed by atoms with van der Waals surface area (Å²) >= 11 is 1.41. The summed E-state index contributed by atoms with van der Waals surface area (Å²) in [6, 6.07) is 15.4. The average Bonchev–Trinajstić information content (AvgIpc) is 3.05. The van der Waals surface area contributed by atoms with Crippen molar-refractivity contribution in [1.82, 2.24) is 4.90 Å². The van der Waals surface area contributed by atoms with Gasteiger partial charge >= 0.3 is 0 Å². The van der Waals surface area contributed by atoms with Gasteiger partial charge in [-0.25, -0.2) is 4.99 Å². The molecule has 29 heavy (non-hydrogen) atoms. The highest BCUT2D eigenvalue weighted by Crippen LogP contribution is 2.39. The summed E-state index contributed by atoms with van der Waals surface area (Å²) in [6.07, 6.45) is 8.25. The topological polar surface area (TPSA) is 52.9 Å². The van der Waals surface area contributed by atoms with Gasteiger partial charge in [-0.3, -0.25) is 9.69 Å². The van der Waals surface area contributed by atoms with Crippen LogP contribution in [0.3, 0.4) is 0 Å². The number of hydrogen-bond donors (Lipinski definition) is 1.